The molecule has 232 valence electrons. The minimum atomic E-state index is -0.893. The smallest absolute Gasteiger partial charge is 0.246 e. The Kier molecular flexibility index (Phi) is 10.5. The lowest BCUT2D eigenvalue weighted by atomic mass is 9.80. The van der Waals surface area contributed by atoms with Crippen LogP contribution < -0.4 is 16.4 Å². The van der Waals surface area contributed by atoms with Crippen molar-refractivity contribution in [3.8, 4) is 0 Å². The first kappa shape index (κ1) is 32.5. The Balaban J connectivity index is 1.44. The number of nitrogens with zero attached hydrogens (tertiary/aromatic N) is 2. The van der Waals surface area contributed by atoms with Gasteiger partial charge in [-0.15, -0.1) is 0 Å². The highest BCUT2D eigenvalue weighted by atomic mass is 35.5. The summed E-state index contributed by atoms with van der Waals surface area (Å²) < 4.78 is 0. The van der Waals surface area contributed by atoms with Crippen molar-refractivity contribution in [2.75, 3.05) is 25.0 Å². The number of nitrogens with two attached hydrogens (primary N) is 1. The van der Waals surface area contributed by atoms with Gasteiger partial charge in [0.15, 0.2) is 0 Å². The first-order valence-corrected chi connectivity index (χ1v) is 15.5. The molecule has 0 spiro atoms. The maximum absolute atomic E-state index is 13.7. The number of fused-ring (bicyclic) bond motifs is 1. The Morgan fingerprint density at radius 2 is 1.74 bits per heavy atom. The van der Waals surface area contributed by atoms with E-state index in [1.165, 1.54) is 0 Å². The molecule has 0 aliphatic carbocycles. The van der Waals surface area contributed by atoms with Gasteiger partial charge in [-0.3, -0.25) is 19.2 Å². The summed E-state index contributed by atoms with van der Waals surface area (Å²) in [5, 5.41) is 6.27. The van der Waals surface area contributed by atoms with Gasteiger partial charge in [0.25, 0.3) is 0 Å². The fourth-order valence-electron chi connectivity index (χ4n) is 5.88. The first-order valence-electron chi connectivity index (χ1n) is 15.1. The Morgan fingerprint density at radius 1 is 1.05 bits per heavy atom. The van der Waals surface area contributed by atoms with Gasteiger partial charge in [0.1, 0.15) is 12.1 Å². The average molecular weight is 610 g/mol. The minimum Gasteiger partial charge on any atom is -0.342 e. The lowest BCUT2D eigenvalue weighted by Crippen LogP contribution is -2.56. The van der Waals surface area contributed by atoms with Crippen LogP contribution in [0.15, 0.2) is 42.5 Å². The summed E-state index contributed by atoms with van der Waals surface area (Å²) >= 11 is 6.11. The van der Waals surface area contributed by atoms with Crippen molar-refractivity contribution in [1.82, 2.24) is 15.1 Å². The zero-order valence-electron chi connectivity index (χ0n) is 25.6. The number of carbonyl (C=O) groups excluding carboxylic acids is 4. The predicted molar refractivity (Wildman–Crippen MR) is 168 cm³/mol. The molecule has 43 heavy (non-hydrogen) atoms. The number of nitrogens with one attached hydrogen (secondary N) is 2. The van der Waals surface area contributed by atoms with Crippen LogP contribution in [0.2, 0.25) is 5.02 Å². The quantitative estimate of drug-likeness (QED) is 0.396. The highest BCUT2D eigenvalue weighted by molar-refractivity contribution is 6.31. The van der Waals surface area contributed by atoms with E-state index in [4.69, 9.17) is 17.3 Å². The molecule has 2 aliphatic rings. The lowest BCUT2D eigenvalue weighted by molar-refractivity contribution is -0.144. The second-order valence-corrected chi connectivity index (χ2v) is 13.2. The van der Waals surface area contributed by atoms with Gasteiger partial charge in [0.05, 0.1) is 0 Å². The summed E-state index contributed by atoms with van der Waals surface area (Å²) in [5.41, 5.74) is 9.24. The van der Waals surface area contributed by atoms with Crippen molar-refractivity contribution in [1.29, 1.82) is 0 Å². The Bertz CT molecular complexity index is 1360. The molecular formula is C33H44ClN5O4. The number of hydrogen-bond donors (Lipinski definition) is 3. The van der Waals surface area contributed by atoms with Crippen molar-refractivity contribution in [3.63, 3.8) is 0 Å². The summed E-state index contributed by atoms with van der Waals surface area (Å²) in [6, 6.07) is 11.2. The fourth-order valence-corrected chi connectivity index (χ4v) is 6.00. The van der Waals surface area contributed by atoms with Gasteiger partial charge in [0.2, 0.25) is 23.6 Å². The van der Waals surface area contributed by atoms with Crippen LogP contribution in [0, 0.1) is 18.3 Å². The maximum atomic E-state index is 13.7. The maximum Gasteiger partial charge on any atom is 0.246 e. The van der Waals surface area contributed by atoms with Crippen molar-refractivity contribution in [2.45, 2.75) is 78.4 Å². The number of anilines is 1. The molecule has 0 aromatic heterocycles. The highest BCUT2D eigenvalue weighted by Gasteiger charge is 2.37. The molecule has 2 aromatic carbocycles. The van der Waals surface area contributed by atoms with Gasteiger partial charge in [-0.2, -0.15) is 0 Å². The third-order valence-electron chi connectivity index (χ3n) is 8.70. The molecule has 4 N–H and O–H groups in total. The molecule has 2 aliphatic heterocycles. The monoisotopic (exact) mass is 609 g/mol. The van der Waals surface area contributed by atoms with E-state index < -0.39 is 23.9 Å². The molecule has 1 fully saturated rings. The minimum absolute atomic E-state index is 0.0180. The predicted octanol–water partition coefficient (Wildman–Crippen LogP) is 4.05. The molecule has 0 unspecified atom stereocenters. The lowest BCUT2D eigenvalue weighted by Gasteiger charge is -2.37. The number of aryl methyl sites for hydroxylation is 1. The third kappa shape index (κ3) is 8.15. The number of benzene rings is 2. The number of rotatable bonds is 9. The van der Waals surface area contributed by atoms with Crippen LogP contribution in [0.1, 0.15) is 63.1 Å². The van der Waals surface area contributed by atoms with Crippen LogP contribution >= 0.6 is 11.6 Å². The molecule has 3 atom stereocenters. The average Bonchev–Trinajstić information content (AvgIpc) is 3.48. The molecule has 9 nitrogen and oxygen atoms in total. The van der Waals surface area contributed by atoms with Crippen molar-refractivity contribution >= 4 is 40.9 Å². The standard InChI is InChI=1S/C33H44ClN5O4/c1-21-17-25(9-10-26(21)34)36-31(42)27(13-15-35)37-32(43)28-18-22-7-5-6-8-23(22)19-39(28)30(41)12-11-29(40)38-16-14-24(20-38)33(2,3)4/h5-10,17,24,27-28H,11-16,18-20,35H2,1-4H3,(H,36,42)(H,37,43)/t24-,27-,28-/m0/s1. The second kappa shape index (κ2) is 13.9. The van der Waals surface area contributed by atoms with Crippen LogP contribution in [-0.4, -0.2) is 65.1 Å². The Hall–Kier alpha value is -3.43. The number of likely N-dealkylation sites (tertiary alicyclic amines) is 1. The van der Waals surface area contributed by atoms with Gasteiger partial charge in [-0.05, 0) is 72.5 Å². The number of carbonyl (C=O) groups is 4. The molecule has 1 saturated heterocycles. The van der Waals surface area contributed by atoms with Crippen LogP contribution in [0.3, 0.4) is 0 Å². The van der Waals surface area contributed by atoms with Crippen molar-refractivity contribution in [3.05, 3.63) is 64.2 Å². The first-order chi connectivity index (χ1) is 20.4. The summed E-state index contributed by atoms with van der Waals surface area (Å²) in [5.74, 6) is -0.690. The van der Waals surface area contributed by atoms with Crippen LogP contribution in [0.25, 0.3) is 0 Å². The van der Waals surface area contributed by atoms with E-state index in [0.29, 0.717) is 36.1 Å². The Morgan fingerprint density at radius 3 is 2.40 bits per heavy atom. The third-order valence-corrected chi connectivity index (χ3v) is 9.13. The summed E-state index contributed by atoms with van der Waals surface area (Å²) in [4.78, 5) is 56.9. The molecule has 10 heteroatoms. The van der Waals surface area contributed by atoms with Crippen LogP contribution in [0.5, 0.6) is 0 Å². The highest BCUT2D eigenvalue weighted by Crippen LogP contribution is 2.34. The van der Waals surface area contributed by atoms with Gasteiger partial charge in [-0.25, -0.2) is 0 Å². The van der Waals surface area contributed by atoms with E-state index in [2.05, 4.69) is 31.4 Å². The Labute approximate surface area is 259 Å². The summed E-state index contributed by atoms with van der Waals surface area (Å²) in [6.45, 7) is 10.3. The SMILES string of the molecule is Cc1cc(NC(=O)[C@H](CCN)NC(=O)[C@@H]2Cc3ccccc3CN2C(=O)CCC(=O)N2CC[C@H](C(C)(C)C)C2)ccc1Cl. The molecule has 2 heterocycles. The molecule has 0 radical (unpaired) electrons. The molecule has 4 rings (SSSR count). The zero-order chi connectivity index (χ0) is 31.3. The number of amides is 4. The number of halogens is 1. The second-order valence-electron chi connectivity index (χ2n) is 12.8. The summed E-state index contributed by atoms with van der Waals surface area (Å²) in [7, 11) is 0. The summed E-state index contributed by atoms with van der Waals surface area (Å²) in [6.07, 6.45) is 1.62. The van der Waals surface area contributed by atoms with Gasteiger partial charge in [-0.1, -0.05) is 56.6 Å². The number of hydrogen-bond acceptors (Lipinski definition) is 5. The van der Waals surface area contributed by atoms with E-state index in [-0.39, 0.29) is 49.6 Å². The topological polar surface area (TPSA) is 125 Å². The van der Waals surface area contributed by atoms with Crippen molar-refractivity contribution < 1.29 is 19.2 Å². The van der Waals surface area contributed by atoms with E-state index in [0.717, 1.165) is 23.1 Å². The zero-order valence-corrected chi connectivity index (χ0v) is 26.4. The van der Waals surface area contributed by atoms with E-state index in [1.807, 2.05) is 36.1 Å². The molecule has 4 amide bonds. The van der Waals surface area contributed by atoms with Crippen LogP contribution in [0.4, 0.5) is 5.69 Å². The van der Waals surface area contributed by atoms with Gasteiger partial charge >= 0.3 is 0 Å². The normalized spacial score (nSPS) is 19.0. The molecule has 0 bridgehead atoms. The van der Waals surface area contributed by atoms with Crippen molar-refractivity contribution in [2.24, 2.45) is 17.1 Å². The molecule has 2 aromatic rings. The molecule has 0 saturated carbocycles. The van der Waals surface area contributed by atoms with Gasteiger partial charge in [0, 0.05) is 49.6 Å². The van der Waals surface area contributed by atoms with E-state index >= 15 is 0 Å². The fraction of sp³-hybridized carbons (Fsp3) is 0.515. The van der Waals surface area contributed by atoms with Gasteiger partial charge < -0.3 is 26.2 Å². The molecular weight excluding hydrogens is 566 g/mol. The van der Waals surface area contributed by atoms with E-state index in [1.54, 1.807) is 23.1 Å². The van der Waals surface area contributed by atoms with Crippen LogP contribution in [-0.2, 0) is 32.1 Å². The largest absolute Gasteiger partial charge is 0.342 e. The van der Waals surface area contributed by atoms with E-state index in [9.17, 15) is 19.2 Å².